The van der Waals surface area contributed by atoms with Gasteiger partial charge in [-0.25, -0.2) is 0 Å². The van der Waals surface area contributed by atoms with Crippen LogP contribution in [0.4, 0.5) is 22.7 Å². The van der Waals surface area contributed by atoms with Crippen molar-refractivity contribution < 1.29 is 9.72 Å². The second kappa shape index (κ2) is 3.81. The van der Waals surface area contributed by atoms with Gasteiger partial charge in [0.2, 0.25) is 0 Å². The van der Waals surface area contributed by atoms with Crippen LogP contribution in [0.15, 0.2) is 29.0 Å². The molecule has 0 unspecified atom stereocenters. The maximum Gasteiger partial charge on any atom is 0.271 e. The van der Waals surface area contributed by atoms with Gasteiger partial charge in [0.15, 0.2) is 0 Å². The first-order valence-corrected chi connectivity index (χ1v) is 6.02. The summed E-state index contributed by atoms with van der Waals surface area (Å²) in [4.78, 5) is 22.1. The Balaban J connectivity index is 2.13. The third-order valence-electron chi connectivity index (χ3n) is 2.64. The number of benzene rings is 1. The van der Waals surface area contributed by atoms with E-state index in [4.69, 9.17) is 0 Å². The first kappa shape index (κ1) is 10.7. The molecule has 0 radical (unpaired) electrons. The zero-order valence-corrected chi connectivity index (χ0v) is 9.78. The number of rotatable bonds is 1. The van der Waals surface area contributed by atoms with Crippen LogP contribution in [0.5, 0.6) is 0 Å². The molecule has 1 aliphatic rings. The van der Waals surface area contributed by atoms with Gasteiger partial charge in [0.25, 0.3) is 11.6 Å². The topological polar surface area (TPSA) is 84.3 Å². The predicted octanol–water partition coefficient (Wildman–Crippen LogP) is 2.97. The molecule has 2 aromatic rings. The molecule has 0 fully saturated rings. The molecule has 0 aliphatic carbocycles. The monoisotopic (exact) mass is 261 g/mol. The molecule has 7 heteroatoms. The number of nitro benzene ring substituents is 1. The lowest BCUT2D eigenvalue weighted by Gasteiger charge is -2.07. The molecular formula is C11H7N3O3S. The van der Waals surface area contributed by atoms with E-state index in [2.05, 4.69) is 10.6 Å². The number of non-ortho nitro benzene ring substituents is 1. The Kier molecular flexibility index (Phi) is 2.27. The van der Waals surface area contributed by atoms with Crippen molar-refractivity contribution >= 4 is 40.0 Å². The first-order valence-electron chi connectivity index (χ1n) is 5.08. The molecule has 0 saturated heterocycles. The number of fused-ring (bicyclic) bond motifs is 2. The van der Waals surface area contributed by atoms with E-state index in [1.54, 1.807) is 10.8 Å². The van der Waals surface area contributed by atoms with E-state index in [1.165, 1.54) is 29.5 Å². The van der Waals surface area contributed by atoms with E-state index < -0.39 is 4.92 Å². The first-order chi connectivity index (χ1) is 8.65. The lowest BCUT2D eigenvalue weighted by molar-refractivity contribution is -0.384. The summed E-state index contributed by atoms with van der Waals surface area (Å²) in [6, 6.07) is 4.29. The second-order valence-corrected chi connectivity index (χ2v) is 4.51. The Morgan fingerprint density at radius 3 is 2.72 bits per heavy atom. The van der Waals surface area contributed by atoms with E-state index in [0.717, 1.165) is 0 Å². The number of hydrogen-bond donors (Lipinski definition) is 2. The Morgan fingerprint density at radius 1 is 1.11 bits per heavy atom. The van der Waals surface area contributed by atoms with E-state index in [1.807, 2.05) is 0 Å². The lowest BCUT2D eigenvalue weighted by atomic mass is 10.2. The van der Waals surface area contributed by atoms with E-state index in [0.29, 0.717) is 22.6 Å². The van der Waals surface area contributed by atoms with Crippen LogP contribution in [0.1, 0.15) is 10.4 Å². The molecule has 1 amide bonds. The number of thiophene rings is 1. The van der Waals surface area contributed by atoms with Gasteiger partial charge in [-0.1, -0.05) is 0 Å². The number of anilines is 3. The van der Waals surface area contributed by atoms with Crippen molar-refractivity contribution in [1.82, 2.24) is 0 Å². The minimum absolute atomic E-state index is 0.0193. The maximum atomic E-state index is 11.9. The molecule has 1 aromatic carbocycles. The molecule has 90 valence electrons. The molecule has 0 spiro atoms. The molecule has 3 rings (SSSR count). The van der Waals surface area contributed by atoms with Crippen molar-refractivity contribution in [2.75, 3.05) is 10.6 Å². The lowest BCUT2D eigenvalue weighted by Crippen LogP contribution is -2.09. The van der Waals surface area contributed by atoms with Crippen LogP contribution in [0.3, 0.4) is 0 Å². The van der Waals surface area contributed by atoms with Crippen molar-refractivity contribution in [3.8, 4) is 0 Å². The third kappa shape index (κ3) is 1.61. The summed E-state index contributed by atoms with van der Waals surface area (Å²) in [5.74, 6) is -0.216. The molecule has 2 N–H and O–H groups in total. The third-order valence-corrected chi connectivity index (χ3v) is 3.38. The van der Waals surface area contributed by atoms with Gasteiger partial charge >= 0.3 is 0 Å². The van der Waals surface area contributed by atoms with E-state index in [-0.39, 0.29) is 11.6 Å². The van der Waals surface area contributed by atoms with Gasteiger partial charge in [-0.05, 0) is 6.07 Å². The summed E-state index contributed by atoms with van der Waals surface area (Å²) in [5.41, 5.74) is 2.24. The summed E-state index contributed by atoms with van der Waals surface area (Å²) in [5, 5.41) is 20.0. The molecule has 0 saturated carbocycles. The van der Waals surface area contributed by atoms with Crippen molar-refractivity contribution in [2.45, 2.75) is 0 Å². The van der Waals surface area contributed by atoms with Gasteiger partial charge in [0.05, 0.1) is 27.5 Å². The molecule has 0 bridgehead atoms. The number of carbonyl (C=O) groups excluding carboxylic acids is 1. The van der Waals surface area contributed by atoms with Crippen molar-refractivity contribution in [2.24, 2.45) is 0 Å². The van der Waals surface area contributed by atoms with Crippen LogP contribution in [0.25, 0.3) is 0 Å². The van der Waals surface area contributed by atoms with Crippen LogP contribution in [-0.2, 0) is 0 Å². The van der Waals surface area contributed by atoms with Crippen molar-refractivity contribution in [1.29, 1.82) is 0 Å². The summed E-state index contributed by atoms with van der Waals surface area (Å²) in [6.07, 6.45) is 0. The summed E-state index contributed by atoms with van der Waals surface area (Å²) in [6.45, 7) is 0. The van der Waals surface area contributed by atoms with Gasteiger partial charge in [0, 0.05) is 22.9 Å². The molecule has 6 nitrogen and oxygen atoms in total. The fraction of sp³-hybridized carbons (Fsp3) is 0. The fourth-order valence-electron chi connectivity index (χ4n) is 1.76. The molecule has 0 atom stereocenters. The smallest absolute Gasteiger partial charge is 0.271 e. The van der Waals surface area contributed by atoms with Crippen LogP contribution >= 0.6 is 11.3 Å². The summed E-state index contributed by atoms with van der Waals surface area (Å²) >= 11 is 1.40. The Bertz CT molecular complexity index is 665. The second-order valence-electron chi connectivity index (χ2n) is 3.77. The largest absolute Gasteiger partial charge is 0.352 e. The number of nitrogens with one attached hydrogen (secondary N) is 2. The minimum Gasteiger partial charge on any atom is -0.352 e. The van der Waals surface area contributed by atoms with Crippen LogP contribution in [-0.4, -0.2) is 10.8 Å². The SMILES string of the molecule is O=C1Nc2ccc([N+](=O)[O-])cc2Nc2cscc21. The van der Waals surface area contributed by atoms with Gasteiger partial charge in [-0.15, -0.1) is 11.3 Å². The predicted molar refractivity (Wildman–Crippen MR) is 68.7 cm³/mol. The maximum absolute atomic E-state index is 11.9. The van der Waals surface area contributed by atoms with Gasteiger partial charge in [0.1, 0.15) is 0 Å². The average molecular weight is 261 g/mol. The quantitative estimate of drug-likeness (QED) is 0.610. The Labute approximate surface area is 105 Å². The summed E-state index contributed by atoms with van der Waals surface area (Å²) in [7, 11) is 0. The Morgan fingerprint density at radius 2 is 1.94 bits per heavy atom. The standard InChI is InChI=1S/C11H7N3O3S/c15-11-7-4-18-5-10(7)12-9-3-6(14(16)17)1-2-8(9)13-11/h1-5,12H,(H,13,15). The molecule has 1 aromatic heterocycles. The number of nitrogens with zero attached hydrogens (tertiary/aromatic N) is 1. The summed E-state index contributed by atoms with van der Waals surface area (Å²) < 4.78 is 0. The number of amides is 1. The van der Waals surface area contributed by atoms with Crippen molar-refractivity contribution in [3.63, 3.8) is 0 Å². The average Bonchev–Trinajstić information content (AvgIpc) is 2.74. The Hall–Kier alpha value is -2.41. The molecular weight excluding hydrogens is 254 g/mol. The zero-order valence-electron chi connectivity index (χ0n) is 8.97. The van der Waals surface area contributed by atoms with Crippen molar-refractivity contribution in [3.05, 3.63) is 44.6 Å². The highest BCUT2D eigenvalue weighted by atomic mass is 32.1. The number of hydrogen-bond acceptors (Lipinski definition) is 5. The van der Waals surface area contributed by atoms with Gasteiger partial charge in [-0.3, -0.25) is 14.9 Å². The molecule has 2 heterocycles. The number of carbonyl (C=O) groups is 1. The van der Waals surface area contributed by atoms with Gasteiger partial charge < -0.3 is 10.6 Å². The van der Waals surface area contributed by atoms with Gasteiger partial charge in [-0.2, -0.15) is 0 Å². The molecule has 18 heavy (non-hydrogen) atoms. The van der Waals surface area contributed by atoms with E-state index in [9.17, 15) is 14.9 Å². The van der Waals surface area contributed by atoms with Crippen LogP contribution in [0.2, 0.25) is 0 Å². The molecule has 1 aliphatic heterocycles. The highest BCUT2D eigenvalue weighted by Gasteiger charge is 2.21. The highest BCUT2D eigenvalue weighted by Crippen LogP contribution is 2.35. The van der Waals surface area contributed by atoms with E-state index >= 15 is 0 Å². The highest BCUT2D eigenvalue weighted by molar-refractivity contribution is 7.08. The normalized spacial score (nSPS) is 12.8. The van der Waals surface area contributed by atoms with Crippen LogP contribution < -0.4 is 10.6 Å². The number of nitro groups is 1. The fourth-order valence-corrected chi connectivity index (χ4v) is 2.52. The zero-order chi connectivity index (χ0) is 12.7. The minimum atomic E-state index is -0.469. The van der Waals surface area contributed by atoms with Crippen LogP contribution in [0, 0.1) is 10.1 Å².